The van der Waals surface area contributed by atoms with Gasteiger partial charge in [-0.2, -0.15) is 0 Å². The fraction of sp³-hybridized carbons (Fsp3) is 0.643. The summed E-state index contributed by atoms with van der Waals surface area (Å²) in [7, 11) is 0. The molecular weight excluding hydrogens is 210 g/mol. The highest BCUT2D eigenvalue weighted by Gasteiger charge is 2.32. The molecule has 0 aromatic carbocycles. The molecule has 1 fully saturated rings. The van der Waals surface area contributed by atoms with Crippen molar-refractivity contribution in [1.82, 2.24) is 10.3 Å². The van der Waals surface area contributed by atoms with Crippen LogP contribution >= 0.6 is 0 Å². The topological polar surface area (TPSA) is 28.2 Å². The molecule has 1 saturated heterocycles. The third-order valence-corrected chi connectivity index (χ3v) is 3.58. The van der Waals surface area contributed by atoms with Crippen molar-refractivity contribution in [3.05, 3.63) is 24.0 Å². The minimum atomic E-state index is 0.175. The van der Waals surface area contributed by atoms with Crippen molar-refractivity contribution in [2.45, 2.75) is 45.7 Å². The molecule has 1 aromatic heterocycles. The van der Waals surface area contributed by atoms with Gasteiger partial charge < -0.3 is 10.2 Å². The van der Waals surface area contributed by atoms with Gasteiger partial charge in [-0.25, -0.2) is 0 Å². The molecule has 0 saturated carbocycles. The van der Waals surface area contributed by atoms with E-state index in [-0.39, 0.29) is 5.54 Å². The zero-order valence-electron chi connectivity index (χ0n) is 11.3. The molecule has 1 atom stereocenters. The normalized spacial score (nSPS) is 23.8. The molecule has 1 aromatic rings. The van der Waals surface area contributed by atoms with Gasteiger partial charge in [0, 0.05) is 30.9 Å². The van der Waals surface area contributed by atoms with Crippen molar-refractivity contribution in [1.29, 1.82) is 0 Å². The minimum Gasteiger partial charge on any atom is -0.364 e. The summed E-state index contributed by atoms with van der Waals surface area (Å²) >= 11 is 0. The van der Waals surface area contributed by atoms with Crippen molar-refractivity contribution >= 4 is 5.69 Å². The Hall–Kier alpha value is -1.09. The molecular formula is C14H23N3. The summed E-state index contributed by atoms with van der Waals surface area (Å²) in [6.45, 7) is 11.0. The van der Waals surface area contributed by atoms with E-state index in [2.05, 4.69) is 49.0 Å². The van der Waals surface area contributed by atoms with E-state index in [0.29, 0.717) is 6.04 Å². The standard InChI is InChI=1S/C14H23N3/c1-5-12-9-16-14(3,4)10-17(12)13-7-6-8-15-11(13)2/h6-8,12,16H,5,9-10H2,1-4H3. The lowest BCUT2D eigenvalue weighted by molar-refractivity contribution is 0.306. The molecule has 0 amide bonds. The minimum absolute atomic E-state index is 0.175. The lowest BCUT2D eigenvalue weighted by atomic mass is 9.96. The molecule has 94 valence electrons. The summed E-state index contributed by atoms with van der Waals surface area (Å²) in [5.41, 5.74) is 2.59. The van der Waals surface area contributed by atoms with Crippen LogP contribution in [-0.4, -0.2) is 29.7 Å². The van der Waals surface area contributed by atoms with E-state index >= 15 is 0 Å². The van der Waals surface area contributed by atoms with Crippen molar-refractivity contribution in [3.63, 3.8) is 0 Å². The maximum absolute atomic E-state index is 4.41. The van der Waals surface area contributed by atoms with Gasteiger partial charge in [-0.05, 0) is 39.3 Å². The van der Waals surface area contributed by atoms with E-state index < -0.39 is 0 Å². The van der Waals surface area contributed by atoms with Crippen molar-refractivity contribution in [2.24, 2.45) is 0 Å². The van der Waals surface area contributed by atoms with Gasteiger partial charge in [0.05, 0.1) is 11.4 Å². The van der Waals surface area contributed by atoms with Gasteiger partial charge in [0.1, 0.15) is 0 Å². The molecule has 17 heavy (non-hydrogen) atoms. The van der Waals surface area contributed by atoms with Crippen LogP contribution in [0.5, 0.6) is 0 Å². The monoisotopic (exact) mass is 233 g/mol. The first-order valence-electron chi connectivity index (χ1n) is 6.47. The second kappa shape index (κ2) is 4.65. The lowest BCUT2D eigenvalue weighted by Gasteiger charge is -2.46. The fourth-order valence-electron chi connectivity index (χ4n) is 2.54. The molecule has 1 aliphatic heterocycles. The molecule has 1 unspecified atom stereocenters. The summed E-state index contributed by atoms with van der Waals surface area (Å²) in [6, 6.07) is 4.79. The number of rotatable bonds is 2. The molecule has 0 bridgehead atoms. The van der Waals surface area contributed by atoms with Crippen molar-refractivity contribution < 1.29 is 0 Å². The second-order valence-corrected chi connectivity index (χ2v) is 5.56. The van der Waals surface area contributed by atoms with Gasteiger partial charge in [0.25, 0.3) is 0 Å². The molecule has 0 aliphatic carbocycles. The van der Waals surface area contributed by atoms with Crippen LogP contribution in [0.4, 0.5) is 5.69 Å². The SMILES string of the molecule is CCC1CNC(C)(C)CN1c1cccnc1C. The molecule has 2 rings (SSSR count). The van der Waals surface area contributed by atoms with Crippen LogP contribution in [0.1, 0.15) is 32.9 Å². The number of hydrogen-bond donors (Lipinski definition) is 1. The summed E-state index contributed by atoms with van der Waals surface area (Å²) in [4.78, 5) is 6.92. The second-order valence-electron chi connectivity index (χ2n) is 5.56. The zero-order chi connectivity index (χ0) is 12.5. The third kappa shape index (κ3) is 2.60. The van der Waals surface area contributed by atoms with E-state index in [1.54, 1.807) is 0 Å². The van der Waals surface area contributed by atoms with E-state index in [9.17, 15) is 0 Å². The van der Waals surface area contributed by atoms with Crippen LogP contribution in [0.15, 0.2) is 18.3 Å². The first kappa shape index (κ1) is 12.4. The van der Waals surface area contributed by atoms with Gasteiger partial charge in [-0.15, -0.1) is 0 Å². The molecule has 3 nitrogen and oxygen atoms in total. The highest BCUT2D eigenvalue weighted by molar-refractivity contribution is 5.52. The maximum atomic E-state index is 4.41. The molecule has 1 aliphatic rings. The summed E-state index contributed by atoms with van der Waals surface area (Å²) in [5, 5.41) is 3.62. The number of nitrogens with zero attached hydrogens (tertiary/aromatic N) is 2. The molecule has 1 N–H and O–H groups in total. The van der Waals surface area contributed by atoms with Gasteiger partial charge in [-0.1, -0.05) is 6.92 Å². The Morgan fingerprint density at radius 2 is 2.29 bits per heavy atom. The van der Waals surface area contributed by atoms with E-state index in [1.165, 1.54) is 5.69 Å². The van der Waals surface area contributed by atoms with Crippen LogP contribution in [0.2, 0.25) is 0 Å². The Bertz CT molecular complexity index is 387. The Balaban J connectivity index is 2.30. The van der Waals surface area contributed by atoms with Gasteiger partial charge >= 0.3 is 0 Å². The van der Waals surface area contributed by atoms with Crippen LogP contribution in [0.3, 0.4) is 0 Å². The Kier molecular flexibility index (Phi) is 3.38. The van der Waals surface area contributed by atoms with Crippen LogP contribution in [0.25, 0.3) is 0 Å². The van der Waals surface area contributed by atoms with Crippen LogP contribution in [0, 0.1) is 6.92 Å². The molecule has 3 heteroatoms. The first-order valence-corrected chi connectivity index (χ1v) is 6.47. The smallest absolute Gasteiger partial charge is 0.0605 e. The number of pyridine rings is 1. The van der Waals surface area contributed by atoms with E-state index in [1.807, 2.05) is 12.3 Å². The highest BCUT2D eigenvalue weighted by Crippen LogP contribution is 2.26. The molecule has 0 spiro atoms. The number of piperazine rings is 1. The molecule has 0 radical (unpaired) electrons. The number of anilines is 1. The maximum Gasteiger partial charge on any atom is 0.0605 e. The summed E-state index contributed by atoms with van der Waals surface area (Å²) in [5.74, 6) is 0. The Morgan fingerprint density at radius 1 is 1.53 bits per heavy atom. The largest absolute Gasteiger partial charge is 0.364 e. The average Bonchev–Trinajstić information content (AvgIpc) is 2.28. The Morgan fingerprint density at radius 3 is 2.94 bits per heavy atom. The van der Waals surface area contributed by atoms with Gasteiger partial charge in [0.2, 0.25) is 0 Å². The quantitative estimate of drug-likeness (QED) is 0.850. The third-order valence-electron chi connectivity index (χ3n) is 3.58. The van der Waals surface area contributed by atoms with Crippen molar-refractivity contribution in [2.75, 3.05) is 18.0 Å². The lowest BCUT2D eigenvalue weighted by Crippen LogP contribution is -2.61. The number of nitrogens with one attached hydrogen (secondary N) is 1. The number of aryl methyl sites for hydroxylation is 1. The first-order chi connectivity index (χ1) is 8.03. The van der Waals surface area contributed by atoms with E-state index in [4.69, 9.17) is 0 Å². The Labute approximate surface area is 104 Å². The molecule has 2 heterocycles. The summed E-state index contributed by atoms with van der Waals surface area (Å²) < 4.78 is 0. The number of aromatic nitrogens is 1. The average molecular weight is 233 g/mol. The highest BCUT2D eigenvalue weighted by atomic mass is 15.3. The van der Waals surface area contributed by atoms with Gasteiger partial charge in [0.15, 0.2) is 0 Å². The predicted octanol–water partition coefficient (Wildman–Crippen LogP) is 2.36. The zero-order valence-corrected chi connectivity index (χ0v) is 11.3. The van der Waals surface area contributed by atoms with Crippen LogP contribution < -0.4 is 10.2 Å². The van der Waals surface area contributed by atoms with E-state index in [0.717, 1.165) is 25.2 Å². The summed E-state index contributed by atoms with van der Waals surface area (Å²) in [6.07, 6.45) is 3.03. The predicted molar refractivity (Wildman–Crippen MR) is 72.5 cm³/mol. The van der Waals surface area contributed by atoms with Gasteiger partial charge in [-0.3, -0.25) is 4.98 Å². The van der Waals surface area contributed by atoms with Crippen molar-refractivity contribution in [3.8, 4) is 0 Å². The van der Waals surface area contributed by atoms with Crippen LogP contribution in [-0.2, 0) is 0 Å². The number of hydrogen-bond acceptors (Lipinski definition) is 3. The fourth-order valence-corrected chi connectivity index (χ4v) is 2.54.